The Hall–Kier alpha value is -1.76. The van der Waals surface area contributed by atoms with Crippen LogP contribution in [-0.4, -0.2) is 32.6 Å². The van der Waals surface area contributed by atoms with Crippen LogP contribution in [0.3, 0.4) is 0 Å². The number of sulfonamides is 1. The molecule has 0 saturated carbocycles. The van der Waals surface area contributed by atoms with Crippen LogP contribution in [-0.2, 0) is 10.0 Å². The first-order chi connectivity index (χ1) is 9.91. The fourth-order valence-corrected chi connectivity index (χ4v) is 3.24. The van der Waals surface area contributed by atoms with Crippen molar-refractivity contribution >= 4 is 33.2 Å². The minimum absolute atomic E-state index is 0.113. The number of ketones is 1. The van der Waals surface area contributed by atoms with E-state index in [9.17, 15) is 13.2 Å². The third-order valence-corrected chi connectivity index (χ3v) is 5.38. The fraction of sp³-hybridized carbons (Fsp3) is 0.133. The minimum Gasteiger partial charge on any atom is -0.289 e. The highest BCUT2D eigenvalue weighted by Gasteiger charge is 2.18. The van der Waals surface area contributed by atoms with E-state index in [1.807, 2.05) is 16.8 Å². The first-order valence-electron chi connectivity index (χ1n) is 6.18. The third kappa shape index (κ3) is 3.66. The summed E-state index contributed by atoms with van der Waals surface area (Å²) in [6.45, 7) is 0. The number of rotatable bonds is 5. The molecule has 0 atom stereocenters. The molecule has 1 aromatic heterocycles. The molecule has 0 aliphatic carbocycles. The van der Waals surface area contributed by atoms with Gasteiger partial charge in [0.05, 0.1) is 4.90 Å². The van der Waals surface area contributed by atoms with Crippen molar-refractivity contribution in [3.8, 4) is 0 Å². The molecule has 2 aromatic rings. The molecular weight excluding hydrogens is 306 g/mol. The first kappa shape index (κ1) is 15.6. The van der Waals surface area contributed by atoms with Gasteiger partial charge < -0.3 is 0 Å². The van der Waals surface area contributed by atoms with Gasteiger partial charge >= 0.3 is 0 Å². The third-order valence-electron chi connectivity index (χ3n) is 2.87. The Bertz CT molecular complexity index is 760. The van der Waals surface area contributed by atoms with Gasteiger partial charge in [0, 0.05) is 19.7 Å². The van der Waals surface area contributed by atoms with Crippen molar-refractivity contribution in [2.45, 2.75) is 4.90 Å². The summed E-state index contributed by atoms with van der Waals surface area (Å²) in [5.41, 5.74) is 1.30. The summed E-state index contributed by atoms with van der Waals surface area (Å²) in [5, 5.41) is 3.85. The predicted molar refractivity (Wildman–Crippen MR) is 85.0 cm³/mol. The summed E-state index contributed by atoms with van der Waals surface area (Å²) in [6, 6.07) is 7.96. The van der Waals surface area contributed by atoms with Crippen molar-refractivity contribution in [2.24, 2.45) is 0 Å². The molecule has 1 heterocycles. The molecule has 0 aliphatic rings. The van der Waals surface area contributed by atoms with Crippen molar-refractivity contribution in [3.63, 3.8) is 0 Å². The van der Waals surface area contributed by atoms with E-state index in [-0.39, 0.29) is 10.7 Å². The molecular formula is C15H15NO3S2. The van der Waals surface area contributed by atoms with Crippen LogP contribution in [0.5, 0.6) is 0 Å². The molecule has 1 aromatic carbocycles. The van der Waals surface area contributed by atoms with Crippen LogP contribution >= 0.6 is 11.3 Å². The largest absolute Gasteiger partial charge is 0.289 e. The van der Waals surface area contributed by atoms with E-state index in [2.05, 4.69) is 0 Å². The van der Waals surface area contributed by atoms with Crippen LogP contribution in [0.25, 0.3) is 6.08 Å². The number of benzene rings is 1. The van der Waals surface area contributed by atoms with E-state index in [4.69, 9.17) is 0 Å². The quantitative estimate of drug-likeness (QED) is 0.628. The molecule has 0 N–H and O–H groups in total. The number of allylic oxidation sites excluding steroid dienone is 1. The molecule has 0 fully saturated rings. The standard InChI is InChI=1S/C15H15NO3S2/c1-16(2)21(18,19)14-5-3-4-13(10-14)15(17)7-6-12-8-9-20-11-12/h3-11H,1-2H3/b7-6+. The maximum Gasteiger partial charge on any atom is 0.242 e. The molecule has 0 bridgehead atoms. The Morgan fingerprint density at radius 2 is 2.00 bits per heavy atom. The Balaban J connectivity index is 2.27. The number of carbonyl (C=O) groups is 1. The highest BCUT2D eigenvalue weighted by Crippen LogP contribution is 2.16. The van der Waals surface area contributed by atoms with Gasteiger partial charge in [-0.15, -0.1) is 0 Å². The van der Waals surface area contributed by atoms with Gasteiger partial charge in [0.15, 0.2) is 5.78 Å². The Morgan fingerprint density at radius 1 is 1.24 bits per heavy atom. The normalized spacial score (nSPS) is 12.1. The zero-order valence-electron chi connectivity index (χ0n) is 11.7. The van der Waals surface area contributed by atoms with E-state index in [0.29, 0.717) is 5.56 Å². The van der Waals surface area contributed by atoms with Gasteiger partial charge in [0.2, 0.25) is 10.0 Å². The maximum absolute atomic E-state index is 12.1. The van der Waals surface area contributed by atoms with Crippen LogP contribution in [0.2, 0.25) is 0 Å². The smallest absolute Gasteiger partial charge is 0.242 e. The van der Waals surface area contributed by atoms with E-state index < -0.39 is 10.0 Å². The van der Waals surface area contributed by atoms with Gasteiger partial charge in [-0.1, -0.05) is 18.2 Å². The molecule has 0 aliphatic heterocycles. The molecule has 0 spiro atoms. The summed E-state index contributed by atoms with van der Waals surface area (Å²) in [5.74, 6) is -0.225. The SMILES string of the molecule is CN(C)S(=O)(=O)c1cccc(C(=O)/C=C/c2ccsc2)c1. The topological polar surface area (TPSA) is 54.5 Å². The molecule has 21 heavy (non-hydrogen) atoms. The monoisotopic (exact) mass is 321 g/mol. The van der Waals surface area contributed by atoms with Crippen LogP contribution < -0.4 is 0 Å². The van der Waals surface area contributed by atoms with Gasteiger partial charge in [0.1, 0.15) is 0 Å². The second-order valence-corrected chi connectivity index (χ2v) is 7.50. The van der Waals surface area contributed by atoms with E-state index >= 15 is 0 Å². The molecule has 110 valence electrons. The van der Waals surface area contributed by atoms with E-state index in [1.165, 1.54) is 32.3 Å². The van der Waals surface area contributed by atoms with Crippen LogP contribution in [0.1, 0.15) is 15.9 Å². The Kier molecular flexibility index (Phi) is 4.72. The van der Waals surface area contributed by atoms with E-state index in [1.54, 1.807) is 29.5 Å². The summed E-state index contributed by atoms with van der Waals surface area (Å²) in [7, 11) is -0.615. The number of nitrogens with zero attached hydrogens (tertiary/aromatic N) is 1. The Morgan fingerprint density at radius 3 is 2.62 bits per heavy atom. The molecule has 6 heteroatoms. The molecule has 0 saturated heterocycles. The summed E-state index contributed by atoms with van der Waals surface area (Å²) < 4.78 is 25.2. The zero-order chi connectivity index (χ0) is 15.5. The molecule has 0 unspecified atom stereocenters. The van der Waals surface area contributed by atoms with Gasteiger partial charge in [0.25, 0.3) is 0 Å². The van der Waals surface area contributed by atoms with Gasteiger partial charge in [-0.25, -0.2) is 12.7 Å². The average molecular weight is 321 g/mol. The number of hydrogen-bond acceptors (Lipinski definition) is 4. The molecule has 2 rings (SSSR count). The molecule has 0 radical (unpaired) electrons. The van der Waals surface area contributed by atoms with Gasteiger partial charge in [-0.3, -0.25) is 4.79 Å². The van der Waals surface area contributed by atoms with E-state index in [0.717, 1.165) is 9.87 Å². The molecule has 0 amide bonds. The second kappa shape index (κ2) is 6.34. The predicted octanol–water partition coefficient (Wildman–Crippen LogP) is 2.89. The summed E-state index contributed by atoms with van der Waals surface area (Å²) in [4.78, 5) is 12.2. The van der Waals surface area contributed by atoms with Crippen molar-refractivity contribution in [1.82, 2.24) is 4.31 Å². The van der Waals surface area contributed by atoms with Crippen molar-refractivity contribution < 1.29 is 13.2 Å². The van der Waals surface area contributed by atoms with Crippen molar-refractivity contribution in [3.05, 3.63) is 58.3 Å². The number of carbonyl (C=O) groups excluding carboxylic acids is 1. The number of hydrogen-bond donors (Lipinski definition) is 0. The van der Waals surface area contributed by atoms with Gasteiger partial charge in [-0.05, 0) is 40.6 Å². The van der Waals surface area contributed by atoms with Crippen molar-refractivity contribution in [2.75, 3.05) is 14.1 Å². The van der Waals surface area contributed by atoms with Gasteiger partial charge in [-0.2, -0.15) is 11.3 Å². The average Bonchev–Trinajstić information content (AvgIpc) is 2.98. The van der Waals surface area contributed by atoms with Crippen molar-refractivity contribution in [1.29, 1.82) is 0 Å². The van der Waals surface area contributed by atoms with Crippen LogP contribution in [0.15, 0.2) is 52.1 Å². The minimum atomic E-state index is -3.53. The summed E-state index contributed by atoms with van der Waals surface area (Å²) in [6.07, 6.45) is 3.16. The fourth-order valence-electron chi connectivity index (χ4n) is 1.66. The lowest BCUT2D eigenvalue weighted by atomic mass is 10.1. The lowest BCUT2D eigenvalue weighted by molar-refractivity contribution is 0.104. The summed E-state index contributed by atoms with van der Waals surface area (Å²) >= 11 is 1.55. The first-order valence-corrected chi connectivity index (χ1v) is 8.57. The highest BCUT2D eigenvalue weighted by molar-refractivity contribution is 7.89. The highest BCUT2D eigenvalue weighted by atomic mass is 32.2. The Labute approximate surface area is 128 Å². The number of thiophene rings is 1. The lowest BCUT2D eigenvalue weighted by Crippen LogP contribution is -2.22. The lowest BCUT2D eigenvalue weighted by Gasteiger charge is -2.11. The zero-order valence-corrected chi connectivity index (χ0v) is 13.3. The van der Waals surface area contributed by atoms with Crippen LogP contribution in [0, 0.1) is 0 Å². The maximum atomic E-state index is 12.1. The molecule has 4 nitrogen and oxygen atoms in total. The second-order valence-electron chi connectivity index (χ2n) is 4.57. The van der Waals surface area contributed by atoms with Crippen LogP contribution in [0.4, 0.5) is 0 Å².